The zero-order valence-corrected chi connectivity index (χ0v) is 15.5. The lowest BCUT2D eigenvalue weighted by Gasteiger charge is -2.24. The lowest BCUT2D eigenvalue weighted by Crippen LogP contribution is -2.34. The second-order valence-electron chi connectivity index (χ2n) is 6.83. The first-order chi connectivity index (χ1) is 13.5. The van der Waals surface area contributed by atoms with Gasteiger partial charge in [0.05, 0.1) is 11.8 Å². The Balaban J connectivity index is 1.76. The Bertz CT molecular complexity index is 921. The maximum atomic E-state index is 12.7. The summed E-state index contributed by atoms with van der Waals surface area (Å²) in [4.78, 5) is 36.6. The van der Waals surface area contributed by atoms with Gasteiger partial charge in [-0.1, -0.05) is 36.4 Å². The number of carboxylic acid groups (broad SMARTS) is 1. The summed E-state index contributed by atoms with van der Waals surface area (Å²) in [5.74, 6) is -2.98. The highest BCUT2D eigenvalue weighted by Crippen LogP contribution is 2.28. The van der Waals surface area contributed by atoms with Gasteiger partial charge in [0.15, 0.2) is 0 Å². The summed E-state index contributed by atoms with van der Waals surface area (Å²) in [6.45, 7) is 1.82. The van der Waals surface area contributed by atoms with E-state index in [1.807, 2.05) is 31.2 Å². The number of carbonyl (C=O) groups is 3. The highest BCUT2D eigenvalue weighted by atomic mass is 16.4. The Labute approximate surface area is 163 Å². The fraction of sp³-hybridized carbons (Fsp3) is 0.227. The van der Waals surface area contributed by atoms with Crippen LogP contribution in [0.5, 0.6) is 0 Å². The minimum atomic E-state index is -0.975. The maximum Gasteiger partial charge on any atom is 0.307 e. The van der Waals surface area contributed by atoms with Crippen molar-refractivity contribution in [2.75, 3.05) is 10.6 Å². The van der Waals surface area contributed by atoms with E-state index in [0.29, 0.717) is 29.8 Å². The summed E-state index contributed by atoms with van der Waals surface area (Å²) in [6.07, 6.45) is 4.35. The lowest BCUT2D eigenvalue weighted by molar-refractivity contribution is -0.146. The van der Waals surface area contributed by atoms with Crippen LogP contribution in [0.15, 0.2) is 60.7 Å². The minimum Gasteiger partial charge on any atom is -0.481 e. The van der Waals surface area contributed by atoms with Gasteiger partial charge in [-0.3, -0.25) is 14.4 Å². The number of hydrogen-bond donors (Lipinski definition) is 3. The van der Waals surface area contributed by atoms with E-state index in [2.05, 4.69) is 10.6 Å². The van der Waals surface area contributed by atoms with Crippen LogP contribution in [0.4, 0.5) is 11.4 Å². The van der Waals surface area contributed by atoms with Crippen LogP contribution in [0, 0.1) is 18.8 Å². The Hall–Kier alpha value is -3.41. The molecule has 0 heterocycles. The Morgan fingerprint density at radius 3 is 2.29 bits per heavy atom. The molecule has 2 atom stereocenters. The molecular weight excluding hydrogens is 356 g/mol. The molecule has 1 aliphatic carbocycles. The molecule has 0 aliphatic heterocycles. The summed E-state index contributed by atoms with van der Waals surface area (Å²) in [6, 6.07) is 14.1. The number of anilines is 2. The van der Waals surface area contributed by atoms with E-state index in [4.69, 9.17) is 0 Å². The SMILES string of the molecule is Cc1ccc(C(=O)Nc2ccccc2)cc1NC(=O)[C@H]1CC=CC[C@H]1C(=O)O. The number of para-hydroxylation sites is 1. The number of aryl methyl sites for hydroxylation is 1. The van der Waals surface area contributed by atoms with Crippen molar-refractivity contribution in [3.63, 3.8) is 0 Å². The summed E-state index contributed by atoms with van der Waals surface area (Å²) in [5, 5.41) is 15.0. The normalized spacial score (nSPS) is 18.3. The van der Waals surface area contributed by atoms with E-state index < -0.39 is 17.8 Å². The first-order valence-electron chi connectivity index (χ1n) is 9.11. The molecular formula is C22H22N2O4. The number of aliphatic carboxylic acids is 1. The standard InChI is InChI=1S/C22H22N2O4/c1-14-11-12-15(20(25)23-16-7-3-2-4-8-16)13-19(14)24-21(26)17-9-5-6-10-18(17)22(27)28/h2-8,11-13,17-18H,9-10H2,1H3,(H,23,25)(H,24,26)(H,27,28)/t17-,18+/m0/s1. The van der Waals surface area contributed by atoms with Gasteiger partial charge < -0.3 is 15.7 Å². The smallest absolute Gasteiger partial charge is 0.307 e. The maximum absolute atomic E-state index is 12.7. The summed E-state index contributed by atoms with van der Waals surface area (Å²) in [5.41, 5.74) is 2.38. The predicted molar refractivity (Wildman–Crippen MR) is 107 cm³/mol. The monoisotopic (exact) mass is 378 g/mol. The molecule has 144 valence electrons. The van der Waals surface area contributed by atoms with Crippen LogP contribution in [0.2, 0.25) is 0 Å². The summed E-state index contributed by atoms with van der Waals surface area (Å²) < 4.78 is 0. The molecule has 0 saturated carbocycles. The first-order valence-corrected chi connectivity index (χ1v) is 9.11. The molecule has 1 aliphatic rings. The van der Waals surface area contributed by atoms with Gasteiger partial charge in [0.2, 0.25) is 5.91 Å². The highest BCUT2D eigenvalue weighted by molar-refractivity contribution is 6.05. The Morgan fingerprint density at radius 1 is 0.929 bits per heavy atom. The highest BCUT2D eigenvalue weighted by Gasteiger charge is 2.34. The predicted octanol–water partition coefficient (Wildman–Crippen LogP) is 3.85. The number of rotatable bonds is 5. The van der Waals surface area contributed by atoms with E-state index in [9.17, 15) is 19.5 Å². The van der Waals surface area contributed by atoms with Gasteiger partial charge in [-0.25, -0.2) is 0 Å². The molecule has 0 unspecified atom stereocenters. The molecule has 28 heavy (non-hydrogen) atoms. The van der Waals surface area contributed by atoms with Crippen molar-refractivity contribution in [2.45, 2.75) is 19.8 Å². The molecule has 3 rings (SSSR count). The molecule has 0 bridgehead atoms. The fourth-order valence-electron chi connectivity index (χ4n) is 3.22. The van der Waals surface area contributed by atoms with Gasteiger partial charge >= 0.3 is 5.97 Å². The molecule has 2 aromatic carbocycles. The van der Waals surface area contributed by atoms with Crippen molar-refractivity contribution in [3.05, 3.63) is 71.8 Å². The topological polar surface area (TPSA) is 95.5 Å². The zero-order valence-electron chi connectivity index (χ0n) is 15.5. The minimum absolute atomic E-state index is 0.286. The number of benzene rings is 2. The van der Waals surface area contributed by atoms with Crippen LogP contribution >= 0.6 is 0 Å². The third-order valence-electron chi connectivity index (χ3n) is 4.88. The lowest BCUT2D eigenvalue weighted by atomic mass is 9.82. The van der Waals surface area contributed by atoms with Crippen molar-refractivity contribution >= 4 is 29.2 Å². The number of carboxylic acids is 1. The number of carbonyl (C=O) groups excluding carboxylic acids is 2. The Morgan fingerprint density at radius 2 is 1.61 bits per heavy atom. The first kappa shape index (κ1) is 19.4. The largest absolute Gasteiger partial charge is 0.481 e. The molecule has 0 spiro atoms. The number of hydrogen-bond acceptors (Lipinski definition) is 3. The van der Waals surface area contributed by atoms with Crippen molar-refractivity contribution in [3.8, 4) is 0 Å². The van der Waals surface area contributed by atoms with Gasteiger partial charge in [0.1, 0.15) is 0 Å². The molecule has 2 aromatic rings. The molecule has 3 N–H and O–H groups in total. The van der Waals surface area contributed by atoms with Crippen LogP contribution in [0.25, 0.3) is 0 Å². The van der Waals surface area contributed by atoms with E-state index in [1.165, 1.54) is 0 Å². The van der Waals surface area contributed by atoms with Crippen LogP contribution in [0.1, 0.15) is 28.8 Å². The van der Waals surface area contributed by atoms with E-state index in [-0.39, 0.29) is 11.8 Å². The molecule has 2 amide bonds. The summed E-state index contributed by atoms with van der Waals surface area (Å²) >= 11 is 0. The number of allylic oxidation sites excluding steroid dienone is 2. The number of amides is 2. The van der Waals surface area contributed by atoms with Crippen LogP contribution in [-0.2, 0) is 9.59 Å². The summed E-state index contributed by atoms with van der Waals surface area (Å²) in [7, 11) is 0. The average Bonchev–Trinajstić information content (AvgIpc) is 2.70. The van der Waals surface area contributed by atoms with Gasteiger partial charge in [-0.2, -0.15) is 0 Å². The van der Waals surface area contributed by atoms with Crippen LogP contribution in [-0.4, -0.2) is 22.9 Å². The van der Waals surface area contributed by atoms with Crippen molar-refractivity contribution < 1.29 is 19.5 Å². The quantitative estimate of drug-likeness (QED) is 0.689. The van der Waals surface area contributed by atoms with Crippen molar-refractivity contribution in [1.29, 1.82) is 0 Å². The molecule has 0 radical (unpaired) electrons. The second-order valence-corrected chi connectivity index (χ2v) is 6.83. The third-order valence-corrected chi connectivity index (χ3v) is 4.88. The van der Waals surface area contributed by atoms with Crippen molar-refractivity contribution in [1.82, 2.24) is 0 Å². The third kappa shape index (κ3) is 4.46. The van der Waals surface area contributed by atoms with Gasteiger partial charge in [-0.05, 0) is 49.6 Å². The molecule has 6 nitrogen and oxygen atoms in total. The molecule has 0 saturated heterocycles. The van der Waals surface area contributed by atoms with Gasteiger partial charge in [-0.15, -0.1) is 0 Å². The van der Waals surface area contributed by atoms with E-state index in [1.54, 1.807) is 36.4 Å². The van der Waals surface area contributed by atoms with E-state index in [0.717, 1.165) is 5.56 Å². The second kappa shape index (κ2) is 8.52. The van der Waals surface area contributed by atoms with Crippen molar-refractivity contribution in [2.24, 2.45) is 11.8 Å². The van der Waals surface area contributed by atoms with Gasteiger partial charge in [0, 0.05) is 16.9 Å². The zero-order chi connectivity index (χ0) is 20.1. The van der Waals surface area contributed by atoms with Crippen LogP contribution < -0.4 is 10.6 Å². The Kier molecular flexibility index (Phi) is 5.89. The molecule has 0 aromatic heterocycles. The molecule has 0 fully saturated rings. The van der Waals surface area contributed by atoms with E-state index >= 15 is 0 Å². The molecule has 6 heteroatoms. The average molecular weight is 378 g/mol. The van der Waals surface area contributed by atoms with Crippen LogP contribution in [0.3, 0.4) is 0 Å². The fourth-order valence-corrected chi connectivity index (χ4v) is 3.22. The van der Waals surface area contributed by atoms with Gasteiger partial charge in [0.25, 0.3) is 5.91 Å². The number of nitrogens with one attached hydrogen (secondary N) is 2.